The molecule has 9 heteroatoms. The number of hydrogen-bond donors (Lipinski definition) is 2. The second-order valence-electron chi connectivity index (χ2n) is 6.13. The minimum absolute atomic E-state index is 0.0456. The van der Waals surface area contributed by atoms with Gasteiger partial charge in [-0.1, -0.05) is 18.2 Å². The van der Waals surface area contributed by atoms with Crippen molar-refractivity contribution in [3.63, 3.8) is 0 Å². The van der Waals surface area contributed by atoms with Gasteiger partial charge in [-0.15, -0.1) is 0 Å². The van der Waals surface area contributed by atoms with Gasteiger partial charge in [0.15, 0.2) is 0 Å². The average molecular weight is 404 g/mol. The number of anilines is 1. The van der Waals surface area contributed by atoms with Crippen molar-refractivity contribution in [2.24, 2.45) is 5.10 Å². The number of nitrogens with one attached hydrogen (secondary N) is 2. The highest BCUT2D eigenvalue weighted by Gasteiger charge is 2.16. The maximum atomic E-state index is 12.1. The third kappa shape index (κ3) is 5.54. The molecule has 0 spiro atoms. The van der Waals surface area contributed by atoms with Gasteiger partial charge in [-0.3, -0.25) is 4.79 Å². The molecule has 2 aromatic carbocycles. The molecule has 0 aromatic heterocycles. The predicted molar refractivity (Wildman–Crippen MR) is 109 cm³/mol. The van der Waals surface area contributed by atoms with Gasteiger partial charge < -0.3 is 10.1 Å². The van der Waals surface area contributed by atoms with E-state index in [2.05, 4.69) is 15.8 Å². The summed E-state index contributed by atoms with van der Waals surface area (Å²) in [7, 11) is 1.05. The van der Waals surface area contributed by atoms with E-state index in [1.54, 1.807) is 32.2 Å². The Balaban J connectivity index is 1.95. The van der Waals surface area contributed by atoms with Crippen LogP contribution in [0.3, 0.4) is 0 Å². The molecule has 0 aliphatic heterocycles. The molecule has 1 amide bonds. The van der Waals surface area contributed by atoms with Crippen LogP contribution in [0.15, 0.2) is 58.5 Å². The van der Waals surface area contributed by atoms with Crippen molar-refractivity contribution in [3.8, 4) is 5.75 Å². The molecule has 28 heavy (non-hydrogen) atoms. The van der Waals surface area contributed by atoms with Crippen molar-refractivity contribution in [2.75, 3.05) is 33.1 Å². The number of nitrogens with zero attached hydrogens (tertiary/aromatic N) is 2. The van der Waals surface area contributed by atoms with E-state index in [9.17, 15) is 13.2 Å². The van der Waals surface area contributed by atoms with Gasteiger partial charge >= 0.3 is 0 Å². The Morgan fingerprint density at radius 3 is 2.43 bits per heavy atom. The van der Waals surface area contributed by atoms with Crippen LogP contribution in [0.5, 0.6) is 5.75 Å². The lowest BCUT2D eigenvalue weighted by Crippen LogP contribution is -2.26. The smallest absolute Gasteiger partial charge is 0.259 e. The van der Waals surface area contributed by atoms with Crippen LogP contribution in [-0.2, 0) is 14.8 Å². The standard InChI is InChI=1S/C19H24N4O4S/c1-14(15-8-10-18(11-9-15)28(25,26)23(2)3)21-22-19(24)13-20-16-6-5-7-17(12-16)27-4/h5-12,20H,13H2,1-4H3,(H,22,24)/b21-14-. The minimum Gasteiger partial charge on any atom is -0.497 e. The number of ether oxygens (including phenoxy) is 1. The lowest BCUT2D eigenvalue weighted by atomic mass is 10.1. The van der Waals surface area contributed by atoms with Gasteiger partial charge in [0.1, 0.15) is 5.75 Å². The number of methoxy groups -OCH3 is 1. The van der Waals surface area contributed by atoms with Gasteiger partial charge in [-0.25, -0.2) is 18.1 Å². The first-order valence-electron chi connectivity index (χ1n) is 8.48. The number of rotatable bonds is 8. The molecule has 150 valence electrons. The number of amides is 1. The molecule has 0 saturated heterocycles. The fraction of sp³-hybridized carbons (Fsp3) is 0.263. The Bertz CT molecular complexity index is 954. The molecule has 2 aromatic rings. The van der Waals surface area contributed by atoms with E-state index in [-0.39, 0.29) is 17.3 Å². The molecule has 0 unspecified atom stereocenters. The van der Waals surface area contributed by atoms with Gasteiger partial charge in [0.2, 0.25) is 10.0 Å². The van der Waals surface area contributed by atoms with E-state index in [1.165, 1.54) is 26.2 Å². The maximum absolute atomic E-state index is 12.1. The van der Waals surface area contributed by atoms with Gasteiger partial charge in [0, 0.05) is 25.8 Å². The van der Waals surface area contributed by atoms with Crippen molar-refractivity contribution in [1.29, 1.82) is 0 Å². The lowest BCUT2D eigenvalue weighted by Gasteiger charge is -2.11. The third-order valence-corrected chi connectivity index (χ3v) is 5.75. The summed E-state index contributed by atoms with van der Waals surface area (Å²) in [6.07, 6.45) is 0. The quantitative estimate of drug-likeness (QED) is 0.517. The average Bonchev–Trinajstić information content (AvgIpc) is 2.70. The van der Waals surface area contributed by atoms with E-state index in [4.69, 9.17) is 4.74 Å². The van der Waals surface area contributed by atoms with Gasteiger partial charge in [-0.05, 0) is 36.8 Å². The Hall–Kier alpha value is -2.91. The summed E-state index contributed by atoms with van der Waals surface area (Å²) in [5, 5.41) is 7.04. The van der Waals surface area contributed by atoms with Crippen LogP contribution in [-0.4, -0.2) is 52.1 Å². The monoisotopic (exact) mass is 404 g/mol. The number of benzene rings is 2. The van der Waals surface area contributed by atoms with E-state index in [0.717, 1.165) is 9.99 Å². The Labute approximate surface area is 165 Å². The van der Waals surface area contributed by atoms with E-state index < -0.39 is 10.0 Å². The van der Waals surface area contributed by atoms with Crippen molar-refractivity contribution >= 4 is 27.3 Å². The molecule has 0 saturated carbocycles. The van der Waals surface area contributed by atoms with Crippen LogP contribution in [0.2, 0.25) is 0 Å². The summed E-state index contributed by atoms with van der Waals surface area (Å²) in [6.45, 7) is 1.77. The van der Waals surface area contributed by atoms with Crippen molar-refractivity contribution in [1.82, 2.24) is 9.73 Å². The number of hydrazone groups is 1. The normalized spacial score (nSPS) is 12.0. The first kappa shape index (κ1) is 21.4. The van der Waals surface area contributed by atoms with Crippen LogP contribution in [0.4, 0.5) is 5.69 Å². The van der Waals surface area contributed by atoms with Crippen LogP contribution in [0, 0.1) is 0 Å². The third-order valence-electron chi connectivity index (χ3n) is 3.92. The molecule has 2 rings (SSSR count). The molecule has 0 radical (unpaired) electrons. The highest BCUT2D eigenvalue weighted by atomic mass is 32.2. The summed E-state index contributed by atoms with van der Waals surface area (Å²) in [5.41, 5.74) is 4.49. The highest BCUT2D eigenvalue weighted by Crippen LogP contribution is 2.16. The Kier molecular flexibility index (Phi) is 7.13. The van der Waals surface area contributed by atoms with Gasteiger partial charge in [-0.2, -0.15) is 5.10 Å². The van der Waals surface area contributed by atoms with Crippen LogP contribution < -0.4 is 15.5 Å². The largest absolute Gasteiger partial charge is 0.497 e. The molecule has 8 nitrogen and oxygen atoms in total. The Morgan fingerprint density at radius 1 is 1.14 bits per heavy atom. The van der Waals surface area contributed by atoms with E-state index >= 15 is 0 Å². The van der Waals surface area contributed by atoms with Crippen molar-refractivity contribution in [3.05, 3.63) is 54.1 Å². The lowest BCUT2D eigenvalue weighted by molar-refractivity contribution is -0.119. The molecule has 0 bridgehead atoms. The van der Waals surface area contributed by atoms with E-state index in [1.807, 2.05) is 18.2 Å². The zero-order valence-corrected chi connectivity index (χ0v) is 17.1. The SMILES string of the molecule is COc1cccc(NCC(=O)N/N=C(/C)c2ccc(S(=O)(=O)N(C)C)cc2)c1. The first-order chi connectivity index (χ1) is 13.2. The molecule has 0 heterocycles. The summed E-state index contributed by atoms with van der Waals surface area (Å²) in [6, 6.07) is 13.6. The first-order valence-corrected chi connectivity index (χ1v) is 9.92. The second-order valence-corrected chi connectivity index (χ2v) is 8.28. The number of carbonyl (C=O) groups excluding carboxylic acids is 1. The van der Waals surface area contributed by atoms with Crippen LogP contribution >= 0.6 is 0 Å². The molecule has 0 aliphatic rings. The van der Waals surface area contributed by atoms with Gasteiger partial charge in [0.25, 0.3) is 5.91 Å². The van der Waals surface area contributed by atoms with Gasteiger partial charge in [0.05, 0.1) is 24.3 Å². The summed E-state index contributed by atoms with van der Waals surface area (Å²) >= 11 is 0. The number of hydrogen-bond acceptors (Lipinski definition) is 6. The van der Waals surface area contributed by atoms with Crippen LogP contribution in [0.25, 0.3) is 0 Å². The molecular weight excluding hydrogens is 380 g/mol. The molecule has 0 atom stereocenters. The zero-order valence-electron chi connectivity index (χ0n) is 16.3. The molecule has 0 aliphatic carbocycles. The van der Waals surface area contributed by atoms with Crippen molar-refractivity contribution in [2.45, 2.75) is 11.8 Å². The number of sulfonamides is 1. The summed E-state index contributed by atoms with van der Waals surface area (Å²) in [5.74, 6) is 0.382. The van der Waals surface area contributed by atoms with Crippen molar-refractivity contribution < 1.29 is 17.9 Å². The van der Waals surface area contributed by atoms with Crippen LogP contribution in [0.1, 0.15) is 12.5 Å². The summed E-state index contributed by atoms with van der Waals surface area (Å²) in [4.78, 5) is 12.2. The Morgan fingerprint density at radius 2 is 1.82 bits per heavy atom. The minimum atomic E-state index is -3.48. The molecular formula is C19H24N4O4S. The maximum Gasteiger partial charge on any atom is 0.259 e. The zero-order chi connectivity index (χ0) is 20.7. The summed E-state index contributed by atoms with van der Waals surface area (Å²) < 4.78 is 30.4. The topological polar surface area (TPSA) is 100 Å². The second kappa shape index (κ2) is 9.34. The van der Waals surface area contributed by atoms with E-state index in [0.29, 0.717) is 17.0 Å². The fourth-order valence-corrected chi connectivity index (χ4v) is 3.15. The molecule has 0 fully saturated rings. The predicted octanol–water partition coefficient (Wildman–Crippen LogP) is 1.90. The number of carbonyl (C=O) groups is 1. The molecule has 2 N–H and O–H groups in total. The fourth-order valence-electron chi connectivity index (χ4n) is 2.24. The highest BCUT2D eigenvalue weighted by molar-refractivity contribution is 7.89.